The Hall–Kier alpha value is -1.32. The van der Waals surface area contributed by atoms with E-state index in [1.807, 2.05) is 6.92 Å². The lowest BCUT2D eigenvalue weighted by atomic mass is 10.1. The second kappa shape index (κ2) is 7.91. The van der Waals surface area contributed by atoms with Crippen LogP contribution in [0.15, 0.2) is 11.6 Å². The van der Waals surface area contributed by atoms with Gasteiger partial charge in [0.2, 0.25) is 0 Å². The molecule has 0 aromatic heterocycles. The van der Waals surface area contributed by atoms with Crippen molar-refractivity contribution < 1.29 is 19.4 Å². The predicted octanol–water partition coefficient (Wildman–Crippen LogP) is 2.39. The Morgan fingerprint density at radius 1 is 1.44 bits per heavy atom. The third kappa shape index (κ3) is 7.04. The molecule has 0 saturated heterocycles. The Labute approximate surface area is 96.3 Å². The highest BCUT2D eigenvalue weighted by molar-refractivity contribution is 5.94. The normalized spacial score (nSPS) is 13.3. The summed E-state index contributed by atoms with van der Waals surface area (Å²) in [6.07, 6.45) is 4.26. The summed E-state index contributed by atoms with van der Waals surface area (Å²) in [7, 11) is 0. The molecule has 0 aliphatic carbocycles. The van der Waals surface area contributed by atoms with Gasteiger partial charge < -0.3 is 9.84 Å². The first kappa shape index (κ1) is 14.7. The molecule has 0 heterocycles. The lowest BCUT2D eigenvalue weighted by Gasteiger charge is -2.10. The lowest BCUT2D eigenvalue weighted by Crippen LogP contribution is -2.11. The molecule has 0 fully saturated rings. The molecule has 0 aliphatic heterocycles. The fraction of sp³-hybridized carbons (Fsp3) is 0.667. The van der Waals surface area contributed by atoms with Crippen LogP contribution in [0.2, 0.25) is 0 Å². The van der Waals surface area contributed by atoms with Crippen LogP contribution in [-0.4, -0.2) is 23.7 Å². The van der Waals surface area contributed by atoms with Gasteiger partial charge in [0.1, 0.15) is 0 Å². The lowest BCUT2D eigenvalue weighted by molar-refractivity contribution is -0.140. The third-order valence-electron chi connectivity index (χ3n) is 2.23. The number of unbranched alkanes of at least 4 members (excludes halogenated alkanes) is 1. The summed E-state index contributed by atoms with van der Waals surface area (Å²) in [6, 6.07) is 0. The molecule has 16 heavy (non-hydrogen) atoms. The SMILES string of the molecule is CCCCC(C)COC(=O)/C=C(/C)C(=O)O. The maximum absolute atomic E-state index is 11.2. The van der Waals surface area contributed by atoms with Crippen molar-refractivity contribution in [3.05, 3.63) is 11.6 Å². The highest BCUT2D eigenvalue weighted by Crippen LogP contribution is 2.08. The minimum atomic E-state index is -1.10. The first-order chi connectivity index (χ1) is 7.47. The summed E-state index contributed by atoms with van der Waals surface area (Å²) in [4.78, 5) is 21.6. The Balaban J connectivity index is 3.89. The van der Waals surface area contributed by atoms with E-state index in [1.54, 1.807) is 0 Å². The van der Waals surface area contributed by atoms with E-state index in [2.05, 4.69) is 6.92 Å². The van der Waals surface area contributed by atoms with Gasteiger partial charge in [0.25, 0.3) is 0 Å². The van der Waals surface area contributed by atoms with E-state index < -0.39 is 11.9 Å². The molecule has 0 aromatic rings. The quantitative estimate of drug-likeness (QED) is 0.536. The van der Waals surface area contributed by atoms with Crippen LogP contribution in [0.3, 0.4) is 0 Å². The van der Waals surface area contributed by atoms with Gasteiger partial charge >= 0.3 is 11.9 Å². The van der Waals surface area contributed by atoms with E-state index in [0.29, 0.717) is 12.5 Å². The number of aliphatic carboxylic acids is 1. The number of esters is 1. The van der Waals surface area contributed by atoms with Crippen LogP contribution < -0.4 is 0 Å². The van der Waals surface area contributed by atoms with Crippen molar-refractivity contribution in [2.24, 2.45) is 5.92 Å². The van der Waals surface area contributed by atoms with E-state index in [1.165, 1.54) is 6.92 Å². The van der Waals surface area contributed by atoms with Crippen LogP contribution in [0.25, 0.3) is 0 Å². The van der Waals surface area contributed by atoms with Crippen LogP contribution in [0, 0.1) is 5.92 Å². The minimum absolute atomic E-state index is 0.00814. The number of carbonyl (C=O) groups excluding carboxylic acids is 1. The zero-order valence-corrected chi connectivity index (χ0v) is 10.2. The van der Waals surface area contributed by atoms with Gasteiger partial charge in [-0.3, -0.25) is 0 Å². The minimum Gasteiger partial charge on any atom is -0.478 e. The molecular formula is C12H20O4. The number of hydrogen-bond acceptors (Lipinski definition) is 3. The van der Waals surface area contributed by atoms with Crippen LogP contribution in [0.1, 0.15) is 40.0 Å². The largest absolute Gasteiger partial charge is 0.478 e. The molecule has 0 amide bonds. The molecule has 0 rings (SSSR count). The summed E-state index contributed by atoms with van der Waals surface area (Å²) in [5.74, 6) is -1.36. The van der Waals surface area contributed by atoms with E-state index in [-0.39, 0.29) is 5.57 Å². The Bertz CT molecular complexity index is 268. The molecule has 0 saturated carbocycles. The van der Waals surface area contributed by atoms with E-state index >= 15 is 0 Å². The maximum atomic E-state index is 11.2. The first-order valence-corrected chi connectivity index (χ1v) is 5.55. The van der Waals surface area contributed by atoms with Crippen LogP contribution in [0.5, 0.6) is 0 Å². The summed E-state index contributed by atoms with van der Waals surface area (Å²) in [6.45, 7) is 5.83. The smallest absolute Gasteiger partial charge is 0.331 e. The zero-order valence-electron chi connectivity index (χ0n) is 10.2. The number of carbonyl (C=O) groups is 2. The second-order valence-corrected chi connectivity index (χ2v) is 4.01. The number of carboxylic acid groups (broad SMARTS) is 1. The first-order valence-electron chi connectivity index (χ1n) is 5.55. The standard InChI is InChI=1S/C12H20O4/c1-4-5-6-9(2)8-16-11(13)7-10(3)12(14)15/h7,9H,4-6,8H2,1-3H3,(H,14,15)/b10-7-. The number of rotatable bonds is 7. The molecule has 4 nitrogen and oxygen atoms in total. The fourth-order valence-corrected chi connectivity index (χ4v) is 1.14. The average Bonchev–Trinajstić information content (AvgIpc) is 2.23. The summed E-state index contributed by atoms with van der Waals surface area (Å²) in [5.41, 5.74) is -0.00814. The summed E-state index contributed by atoms with van der Waals surface area (Å²) < 4.78 is 4.94. The van der Waals surface area contributed by atoms with Crippen molar-refractivity contribution in [1.82, 2.24) is 0 Å². The van der Waals surface area contributed by atoms with Crippen molar-refractivity contribution in [3.63, 3.8) is 0 Å². The van der Waals surface area contributed by atoms with E-state index in [0.717, 1.165) is 25.3 Å². The highest BCUT2D eigenvalue weighted by Gasteiger charge is 2.07. The molecule has 92 valence electrons. The number of carboxylic acids is 1. The molecule has 1 unspecified atom stereocenters. The average molecular weight is 228 g/mol. The second-order valence-electron chi connectivity index (χ2n) is 4.01. The van der Waals surface area contributed by atoms with Gasteiger partial charge in [-0.25, -0.2) is 9.59 Å². The molecule has 0 radical (unpaired) electrons. The van der Waals surface area contributed by atoms with Gasteiger partial charge in [0.15, 0.2) is 0 Å². The van der Waals surface area contributed by atoms with Crippen molar-refractivity contribution in [2.45, 2.75) is 40.0 Å². The Kier molecular flexibility index (Phi) is 7.25. The molecule has 0 aromatic carbocycles. The van der Waals surface area contributed by atoms with Crippen LogP contribution in [-0.2, 0) is 14.3 Å². The Morgan fingerprint density at radius 3 is 2.56 bits per heavy atom. The van der Waals surface area contributed by atoms with Gasteiger partial charge in [0.05, 0.1) is 6.61 Å². The molecule has 0 bridgehead atoms. The fourth-order valence-electron chi connectivity index (χ4n) is 1.14. The van der Waals surface area contributed by atoms with E-state index in [9.17, 15) is 9.59 Å². The van der Waals surface area contributed by atoms with Gasteiger partial charge in [0, 0.05) is 11.6 Å². The van der Waals surface area contributed by atoms with Gasteiger partial charge in [-0.15, -0.1) is 0 Å². The predicted molar refractivity (Wildman–Crippen MR) is 61.0 cm³/mol. The summed E-state index contributed by atoms with van der Waals surface area (Å²) >= 11 is 0. The maximum Gasteiger partial charge on any atom is 0.331 e. The summed E-state index contributed by atoms with van der Waals surface area (Å²) in [5, 5.41) is 8.55. The van der Waals surface area contributed by atoms with Gasteiger partial charge in [-0.1, -0.05) is 26.7 Å². The molecule has 1 atom stereocenters. The topological polar surface area (TPSA) is 63.6 Å². The molecule has 1 N–H and O–H groups in total. The van der Waals surface area contributed by atoms with Crippen LogP contribution in [0.4, 0.5) is 0 Å². The van der Waals surface area contributed by atoms with Crippen molar-refractivity contribution in [2.75, 3.05) is 6.61 Å². The van der Waals surface area contributed by atoms with E-state index in [4.69, 9.17) is 9.84 Å². The molecular weight excluding hydrogens is 208 g/mol. The zero-order chi connectivity index (χ0) is 12.6. The molecule has 0 spiro atoms. The molecule has 4 heteroatoms. The van der Waals surface area contributed by atoms with Crippen molar-refractivity contribution >= 4 is 11.9 Å². The monoisotopic (exact) mass is 228 g/mol. The molecule has 0 aliphatic rings. The van der Waals surface area contributed by atoms with Crippen LogP contribution >= 0.6 is 0 Å². The van der Waals surface area contributed by atoms with Crippen molar-refractivity contribution in [1.29, 1.82) is 0 Å². The third-order valence-corrected chi connectivity index (χ3v) is 2.23. The van der Waals surface area contributed by atoms with Gasteiger partial charge in [-0.2, -0.15) is 0 Å². The Morgan fingerprint density at radius 2 is 2.06 bits per heavy atom. The number of ether oxygens (including phenoxy) is 1. The van der Waals surface area contributed by atoms with Crippen molar-refractivity contribution in [3.8, 4) is 0 Å². The van der Waals surface area contributed by atoms with Gasteiger partial charge in [-0.05, 0) is 19.3 Å². The highest BCUT2D eigenvalue weighted by atomic mass is 16.5. The number of hydrogen-bond donors (Lipinski definition) is 1.